The molecule has 2 N–H and O–H groups in total. The van der Waals surface area contributed by atoms with Crippen LogP contribution in [-0.2, 0) is 22.4 Å². The van der Waals surface area contributed by atoms with E-state index in [4.69, 9.17) is 18.9 Å². The van der Waals surface area contributed by atoms with Gasteiger partial charge in [0.1, 0.15) is 23.0 Å². The van der Waals surface area contributed by atoms with E-state index in [2.05, 4.69) is 10.6 Å². The molecule has 0 heterocycles. The molecule has 2 amide bonds. The van der Waals surface area contributed by atoms with Gasteiger partial charge in [0, 0.05) is 11.4 Å². The molecule has 0 radical (unpaired) electrons. The highest BCUT2D eigenvalue weighted by atomic mass is 16.6. The average Bonchev–Trinajstić information content (AvgIpc) is 3.05. The van der Waals surface area contributed by atoms with Gasteiger partial charge in [0.2, 0.25) is 0 Å². The van der Waals surface area contributed by atoms with Crippen molar-refractivity contribution < 1.29 is 38.1 Å². The summed E-state index contributed by atoms with van der Waals surface area (Å²) in [6, 6.07) is 35.5. The maximum absolute atomic E-state index is 12.6. The van der Waals surface area contributed by atoms with Crippen LogP contribution in [0.2, 0.25) is 0 Å². The number of benzene rings is 5. The third-order valence-corrected chi connectivity index (χ3v) is 6.64. The van der Waals surface area contributed by atoms with E-state index >= 15 is 0 Å². The molecule has 0 aliphatic rings. The Labute approximate surface area is 270 Å². The molecule has 10 heteroatoms. The number of aryl methyl sites for hydroxylation is 1. The number of hydrogen-bond donors (Lipinski definition) is 2. The van der Waals surface area contributed by atoms with Crippen molar-refractivity contribution in [3.63, 3.8) is 0 Å². The molecule has 10 nitrogen and oxygen atoms in total. The summed E-state index contributed by atoms with van der Waals surface area (Å²) in [5, 5.41) is 5.26. The molecule has 0 saturated carbocycles. The summed E-state index contributed by atoms with van der Waals surface area (Å²) in [7, 11) is 0. The van der Waals surface area contributed by atoms with Gasteiger partial charge in [-0.3, -0.25) is 20.2 Å². The summed E-state index contributed by atoms with van der Waals surface area (Å²) < 4.78 is 21.4. The second kappa shape index (κ2) is 15.5. The Morgan fingerprint density at radius 2 is 0.894 bits per heavy atom. The molecule has 0 fully saturated rings. The monoisotopic (exact) mass is 630 g/mol. The SMILES string of the molecule is Cc1ccc(NC(=O)Oc2ccc(OC(=O)Cc3ccccc3)cc2)cc1NC(=O)Oc1ccc(OC(=O)Cc2ccccc2)cc1. The number of hydrogen-bond acceptors (Lipinski definition) is 8. The highest BCUT2D eigenvalue weighted by Gasteiger charge is 2.13. The number of esters is 2. The van der Waals surface area contributed by atoms with Crippen molar-refractivity contribution in [2.75, 3.05) is 10.6 Å². The van der Waals surface area contributed by atoms with Crippen molar-refractivity contribution in [2.24, 2.45) is 0 Å². The lowest BCUT2D eigenvalue weighted by Crippen LogP contribution is -2.19. The van der Waals surface area contributed by atoms with Crippen LogP contribution in [0.25, 0.3) is 0 Å². The molecule has 5 aromatic carbocycles. The number of anilines is 2. The second-order valence-electron chi connectivity index (χ2n) is 10.3. The number of nitrogens with one attached hydrogen (secondary N) is 2. The number of carbonyl (C=O) groups is 4. The Bertz CT molecular complexity index is 1840. The van der Waals surface area contributed by atoms with Crippen molar-refractivity contribution in [3.8, 4) is 23.0 Å². The van der Waals surface area contributed by atoms with Crippen LogP contribution >= 0.6 is 0 Å². The highest BCUT2D eigenvalue weighted by Crippen LogP contribution is 2.24. The molecular formula is C37H30N2O8. The third-order valence-electron chi connectivity index (χ3n) is 6.64. The van der Waals surface area contributed by atoms with E-state index < -0.39 is 24.1 Å². The summed E-state index contributed by atoms with van der Waals surface area (Å²) in [5.74, 6) is 0.280. The van der Waals surface area contributed by atoms with Crippen LogP contribution in [0.3, 0.4) is 0 Å². The average molecular weight is 631 g/mol. The lowest BCUT2D eigenvalue weighted by atomic mass is 10.2. The van der Waals surface area contributed by atoms with Gasteiger partial charge < -0.3 is 18.9 Å². The van der Waals surface area contributed by atoms with E-state index in [1.807, 2.05) is 60.7 Å². The quantitative estimate of drug-likeness (QED) is 0.120. The van der Waals surface area contributed by atoms with Crippen LogP contribution < -0.4 is 29.6 Å². The standard InChI is InChI=1S/C37H30N2O8/c1-25-12-13-28(38-36(42)46-31-18-14-29(15-19-31)44-34(40)22-26-8-4-2-5-9-26)24-33(25)39-37(43)47-32-20-16-30(17-21-32)45-35(41)23-27-10-6-3-7-11-27/h2-21,24H,22-23H2,1H3,(H,38,42)(H,39,43). The van der Waals surface area contributed by atoms with Gasteiger partial charge in [-0.05, 0) is 84.3 Å². The summed E-state index contributed by atoms with van der Waals surface area (Å²) >= 11 is 0. The molecule has 0 aromatic heterocycles. The lowest BCUT2D eigenvalue weighted by molar-refractivity contribution is -0.134. The van der Waals surface area contributed by atoms with Crippen molar-refractivity contribution in [3.05, 3.63) is 144 Å². The summed E-state index contributed by atoms with van der Waals surface area (Å²) in [4.78, 5) is 49.5. The molecule has 47 heavy (non-hydrogen) atoms. The van der Waals surface area contributed by atoms with E-state index in [1.54, 1.807) is 25.1 Å². The second-order valence-corrected chi connectivity index (χ2v) is 10.3. The van der Waals surface area contributed by atoms with Crippen LogP contribution in [0.5, 0.6) is 23.0 Å². The Balaban J connectivity index is 1.08. The van der Waals surface area contributed by atoms with Gasteiger partial charge in [-0.1, -0.05) is 66.7 Å². The van der Waals surface area contributed by atoms with Crippen molar-refractivity contribution in [2.45, 2.75) is 19.8 Å². The molecule has 5 rings (SSSR count). The minimum Gasteiger partial charge on any atom is -0.426 e. The maximum Gasteiger partial charge on any atom is 0.417 e. The Kier molecular flexibility index (Phi) is 10.6. The van der Waals surface area contributed by atoms with Crippen molar-refractivity contribution >= 4 is 35.5 Å². The van der Waals surface area contributed by atoms with E-state index in [0.717, 1.165) is 16.7 Å². The van der Waals surface area contributed by atoms with Gasteiger partial charge in [-0.15, -0.1) is 0 Å². The topological polar surface area (TPSA) is 129 Å². The molecule has 0 aliphatic carbocycles. The minimum absolute atomic E-state index is 0.133. The van der Waals surface area contributed by atoms with Gasteiger partial charge in [0.25, 0.3) is 0 Å². The van der Waals surface area contributed by atoms with Crippen LogP contribution in [-0.4, -0.2) is 24.1 Å². The summed E-state index contributed by atoms with van der Waals surface area (Å²) in [6.07, 6.45) is -1.26. The smallest absolute Gasteiger partial charge is 0.417 e. The van der Waals surface area contributed by atoms with E-state index in [1.165, 1.54) is 48.5 Å². The molecule has 0 spiro atoms. The van der Waals surface area contributed by atoms with Crippen LogP contribution in [0, 0.1) is 6.92 Å². The Morgan fingerprint density at radius 3 is 1.34 bits per heavy atom. The molecule has 0 atom stereocenters. The third kappa shape index (κ3) is 10.0. The van der Waals surface area contributed by atoms with Crippen LogP contribution in [0.4, 0.5) is 21.0 Å². The molecule has 0 unspecified atom stereocenters. The first kappa shape index (κ1) is 32.0. The van der Waals surface area contributed by atoms with Crippen molar-refractivity contribution in [1.29, 1.82) is 0 Å². The zero-order chi connectivity index (χ0) is 33.0. The first-order valence-electron chi connectivity index (χ1n) is 14.6. The van der Waals surface area contributed by atoms with Gasteiger partial charge >= 0.3 is 24.1 Å². The van der Waals surface area contributed by atoms with Gasteiger partial charge in [0.05, 0.1) is 12.8 Å². The number of amides is 2. The molecular weight excluding hydrogens is 600 g/mol. The Hall–Kier alpha value is -6.42. The molecule has 0 bridgehead atoms. The number of rotatable bonds is 10. The normalized spacial score (nSPS) is 10.3. The summed E-state index contributed by atoms with van der Waals surface area (Å²) in [6.45, 7) is 1.78. The first-order valence-corrected chi connectivity index (χ1v) is 14.6. The maximum atomic E-state index is 12.6. The van der Waals surface area contributed by atoms with Crippen molar-refractivity contribution in [1.82, 2.24) is 0 Å². The zero-order valence-electron chi connectivity index (χ0n) is 25.3. The predicted octanol–water partition coefficient (Wildman–Crippen LogP) is 7.51. The molecule has 0 aliphatic heterocycles. The predicted molar refractivity (Wildman–Crippen MR) is 175 cm³/mol. The highest BCUT2D eigenvalue weighted by molar-refractivity contribution is 5.91. The largest absolute Gasteiger partial charge is 0.426 e. The minimum atomic E-state index is -0.763. The van der Waals surface area contributed by atoms with Gasteiger partial charge in [-0.25, -0.2) is 9.59 Å². The first-order chi connectivity index (χ1) is 22.8. The number of ether oxygens (including phenoxy) is 4. The van der Waals surface area contributed by atoms with Gasteiger partial charge in [-0.2, -0.15) is 0 Å². The van der Waals surface area contributed by atoms with Crippen LogP contribution in [0.1, 0.15) is 16.7 Å². The van der Waals surface area contributed by atoms with Crippen LogP contribution in [0.15, 0.2) is 127 Å². The van der Waals surface area contributed by atoms with E-state index in [-0.39, 0.29) is 24.3 Å². The molecule has 0 saturated heterocycles. The zero-order valence-corrected chi connectivity index (χ0v) is 25.3. The lowest BCUT2D eigenvalue weighted by Gasteiger charge is -2.12. The van der Waals surface area contributed by atoms with Gasteiger partial charge in [0.15, 0.2) is 0 Å². The number of carbonyl (C=O) groups excluding carboxylic acids is 4. The molecule has 236 valence electrons. The summed E-state index contributed by atoms with van der Waals surface area (Å²) in [5.41, 5.74) is 3.17. The van der Waals surface area contributed by atoms with E-state index in [0.29, 0.717) is 22.9 Å². The fraction of sp³-hybridized carbons (Fsp3) is 0.0811. The Morgan fingerprint density at radius 1 is 0.489 bits per heavy atom. The fourth-order valence-electron chi connectivity index (χ4n) is 4.34. The van der Waals surface area contributed by atoms with E-state index in [9.17, 15) is 19.2 Å². The fourth-order valence-corrected chi connectivity index (χ4v) is 4.34. The molecule has 5 aromatic rings.